The van der Waals surface area contributed by atoms with Crippen molar-refractivity contribution in [2.45, 2.75) is 18.9 Å². The molecule has 0 bridgehead atoms. The first kappa shape index (κ1) is 16.3. The van der Waals surface area contributed by atoms with Crippen LogP contribution in [-0.4, -0.2) is 19.7 Å². The van der Waals surface area contributed by atoms with Crippen LogP contribution < -0.4 is 4.18 Å². The van der Waals surface area contributed by atoms with Crippen LogP contribution in [0.1, 0.15) is 23.7 Å². The number of alkyl halides is 3. The number of fused-ring (bicyclic) bond motifs is 1. The average Bonchev–Trinajstić information content (AvgIpc) is 2.44. The SMILES string of the molecule is CCC(=O)c1cc(OS(=O)(=O)C(F)(F)F)c2ccccc2c1. The smallest absolute Gasteiger partial charge is 0.375 e. The number of hydrogen-bond donors (Lipinski definition) is 0. The number of Topliss-reactive ketones (excluding diaryl/α,β-unsaturated/α-hetero) is 1. The van der Waals surface area contributed by atoms with Gasteiger partial charge in [0.05, 0.1) is 0 Å². The highest BCUT2D eigenvalue weighted by Gasteiger charge is 2.48. The Morgan fingerprint density at radius 3 is 2.41 bits per heavy atom. The number of benzene rings is 2. The maximum Gasteiger partial charge on any atom is 0.534 e. The van der Waals surface area contributed by atoms with Crippen LogP contribution in [0.2, 0.25) is 0 Å². The van der Waals surface area contributed by atoms with E-state index >= 15 is 0 Å². The molecule has 2 aromatic rings. The van der Waals surface area contributed by atoms with Crippen LogP contribution in [0.15, 0.2) is 36.4 Å². The van der Waals surface area contributed by atoms with Crippen molar-refractivity contribution >= 4 is 26.7 Å². The Bertz CT molecular complexity index is 826. The lowest BCUT2D eigenvalue weighted by Crippen LogP contribution is -2.28. The summed E-state index contributed by atoms with van der Waals surface area (Å²) >= 11 is 0. The summed E-state index contributed by atoms with van der Waals surface area (Å²) in [6, 6.07) is 8.60. The zero-order valence-corrected chi connectivity index (χ0v) is 12.2. The Hall–Kier alpha value is -2.09. The van der Waals surface area contributed by atoms with E-state index in [1.165, 1.54) is 18.2 Å². The topological polar surface area (TPSA) is 60.4 Å². The van der Waals surface area contributed by atoms with Crippen molar-refractivity contribution in [1.29, 1.82) is 0 Å². The fraction of sp³-hybridized carbons (Fsp3) is 0.214. The Morgan fingerprint density at radius 2 is 1.82 bits per heavy atom. The van der Waals surface area contributed by atoms with Gasteiger partial charge in [-0.3, -0.25) is 4.79 Å². The summed E-state index contributed by atoms with van der Waals surface area (Å²) in [5, 5.41) is 0.581. The van der Waals surface area contributed by atoms with Gasteiger partial charge in [0.1, 0.15) is 0 Å². The molecule has 2 aromatic carbocycles. The van der Waals surface area contributed by atoms with Crippen molar-refractivity contribution in [3.05, 3.63) is 42.0 Å². The first-order valence-corrected chi connectivity index (χ1v) is 7.63. The van der Waals surface area contributed by atoms with E-state index in [2.05, 4.69) is 4.18 Å². The third-order valence-electron chi connectivity index (χ3n) is 2.95. The van der Waals surface area contributed by atoms with Gasteiger partial charge in [-0.15, -0.1) is 0 Å². The predicted octanol–water partition coefficient (Wildman–Crippen LogP) is 3.66. The largest absolute Gasteiger partial charge is 0.534 e. The van der Waals surface area contributed by atoms with Gasteiger partial charge in [-0.1, -0.05) is 31.2 Å². The number of halogens is 3. The van der Waals surface area contributed by atoms with Crippen molar-refractivity contribution in [1.82, 2.24) is 0 Å². The van der Waals surface area contributed by atoms with Crippen LogP contribution in [0.3, 0.4) is 0 Å². The van der Waals surface area contributed by atoms with E-state index in [0.29, 0.717) is 5.39 Å². The van der Waals surface area contributed by atoms with Gasteiger partial charge in [-0.2, -0.15) is 21.6 Å². The molecule has 118 valence electrons. The minimum Gasteiger partial charge on any atom is -0.375 e. The van der Waals surface area contributed by atoms with E-state index in [0.717, 1.165) is 6.07 Å². The molecule has 0 unspecified atom stereocenters. The average molecular weight is 332 g/mol. The number of ketones is 1. The lowest BCUT2D eigenvalue weighted by Gasteiger charge is -2.12. The van der Waals surface area contributed by atoms with Crippen molar-refractivity contribution in [3.63, 3.8) is 0 Å². The molecule has 0 heterocycles. The minimum absolute atomic E-state index is 0.0913. The van der Waals surface area contributed by atoms with Gasteiger partial charge in [0, 0.05) is 17.4 Å². The fourth-order valence-electron chi connectivity index (χ4n) is 1.87. The number of rotatable bonds is 4. The summed E-state index contributed by atoms with van der Waals surface area (Å²) in [5.74, 6) is -0.854. The highest BCUT2D eigenvalue weighted by molar-refractivity contribution is 7.88. The molecule has 0 amide bonds. The summed E-state index contributed by atoms with van der Waals surface area (Å²) < 4.78 is 64.0. The molecule has 0 N–H and O–H groups in total. The van der Waals surface area contributed by atoms with Crippen LogP contribution in [0.4, 0.5) is 13.2 Å². The molecular formula is C14H11F3O4S. The lowest BCUT2D eigenvalue weighted by molar-refractivity contribution is -0.0499. The minimum atomic E-state index is -5.80. The van der Waals surface area contributed by atoms with Crippen LogP contribution in [0.5, 0.6) is 5.75 Å². The number of hydrogen-bond acceptors (Lipinski definition) is 4. The highest BCUT2D eigenvalue weighted by atomic mass is 32.2. The Kier molecular flexibility index (Phi) is 4.15. The third-order valence-corrected chi connectivity index (χ3v) is 3.92. The van der Waals surface area contributed by atoms with E-state index in [-0.39, 0.29) is 23.2 Å². The Labute approximate surface area is 124 Å². The van der Waals surface area contributed by atoms with Gasteiger partial charge in [0.25, 0.3) is 0 Å². The zero-order chi connectivity index (χ0) is 16.5. The van der Waals surface area contributed by atoms with Crippen molar-refractivity contribution < 1.29 is 30.6 Å². The lowest BCUT2D eigenvalue weighted by atomic mass is 10.0. The second kappa shape index (κ2) is 5.60. The molecule has 0 saturated carbocycles. The fourth-order valence-corrected chi connectivity index (χ4v) is 2.34. The molecule has 0 radical (unpaired) electrons. The van der Waals surface area contributed by atoms with E-state index < -0.39 is 21.4 Å². The van der Waals surface area contributed by atoms with Crippen LogP contribution in [0, 0.1) is 0 Å². The zero-order valence-electron chi connectivity index (χ0n) is 11.3. The summed E-state index contributed by atoms with van der Waals surface area (Å²) in [6.07, 6.45) is 0.129. The molecular weight excluding hydrogens is 321 g/mol. The maximum absolute atomic E-state index is 12.5. The number of carbonyl (C=O) groups excluding carboxylic acids is 1. The van der Waals surface area contributed by atoms with E-state index in [1.807, 2.05) is 0 Å². The molecule has 0 aliphatic heterocycles. The first-order chi connectivity index (χ1) is 10.2. The predicted molar refractivity (Wildman–Crippen MR) is 74.2 cm³/mol. The van der Waals surface area contributed by atoms with Gasteiger partial charge in [-0.25, -0.2) is 0 Å². The molecule has 0 aliphatic rings. The monoisotopic (exact) mass is 332 g/mol. The van der Waals surface area contributed by atoms with Gasteiger partial charge in [-0.05, 0) is 17.5 Å². The molecule has 0 fully saturated rings. The maximum atomic E-state index is 12.5. The molecule has 0 saturated heterocycles. The summed E-state index contributed by atoms with van der Waals surface area (Å²) in [7, 11) is -5.80. The summed E-state index contributed by atoms with van der Waals surface area (Å²) in [6.45, 7) is 1.59. The van der Waals surface area contributed by atoms with Crippen LogP contribution in [-0.2, 0) is 10.1 Å². The van der Waals surface area contributed by atoms with Gasteiger partial charge in [0.2, 0.25) is 0 Å². The molecule has 0 aliphatic carbocycles. The molecule has 0 spiro atoms. The van der Waals surface area contributed by atoms with Crippen molar-refractivity contribution in [3.8, 4) is 5.75 Å². The first-order valence-electron chi connectivity index (χ1n) is 6.22. The molecule has 22 heavy (non-hydrogen) atoms. The quantitative estimate of drug-likeness (QED) is 0.487. The highest BCUT2D eigenvalue weighted by Crippen LogP contribution is 2.33. The molecule has 2 rings (SSSR count). The molecule has 0 aromatic heterocycles. The van der Waals surface area contributed by atoms with Gasteiger partial charge in [0.15, 0.2) is 11.5 Å². The summed E-state index contributed by atoms with van der Waals surface area (Å²) in [5.41, 5.74) is -5.45. The third kappa shape index (κ3) is 3.06. The normalized spacial score (nSPS) is 12.4. The van der Waals surface area contributed by atoms with Crippen molar-refractivity contribution in [2.75, 3.05) is 0 Å². The van der Waals surface area contributed by atoms with Gasteiger partial charge >= 0.3 is 15.6 Å². The second-order valence-corrected chi connectivity index (χ2v) is 5.99. The molecule has 4 nitrogen and oxygen atoms in total. The van der Waals surface area contributed by atoms with E-state index in [1.54, 1.807) is 19.1 Å². The van der Waals surface area contributed by atoms with Crippen molar-refractivity contribution in [2.24, 2.45) is 0 Å². The van der Waals surface area contributed by atoms with E-state index in [4.69, 9.17) is 0 Å². The standard InChI is InChI=1S/C14H11F3O4S/c1-2-12(18)10-7-9-5-3-4-6-11(9)13(8-10)21-22(19,20)14(15,16)17/h3-8H,2H2,1H3. The Morgan fingerprint density at radius 1 is 1.18 bits per heavy atom. The number of carbonyl (C=O) groups is 1. The van der Waals surface area contributed by atoms with Crippen LogP contribution in [0.25, 0.3) is 10.8 Å². The molecule has 0 atom stereocenters. The van der Waals surface area contributed by atoms with Crippen LogP contribution >= 0.6 is 0 Å². The van der Waals surface area contributed by atoms with Gasteiger partial charge < -0.3 is 4.18 Å². The summed E-state index contributed by atoms with van der Waals surface area (Å²) in [4.78, 5) is 11.7. The second-order valence-electron chi connectivity index (χ2n) is 4.46. The Balaban J connectivity index is 2.64. The molecule has 8 heteroatoms. The van der Waals surface area contributed by atoms with E-state index in [9.17, 15) is 26.4 Å².